The van der Waals surface area contributed by atoms with Gasteiger partial charge in [0.2, 0.25) is 0 Å². The van der Waals surface area contributed by atoms with E-state index in [4.69, 9.17) is 9.47 Å². The first-order valence-corrected chi connectivity index (χ1v) is 9.32. The van der Waals surface area contributed by atoms with Gasteiger partial charge in [-0.05, 0) is 30.7 Å². The van der Waals surface area contributed by atoms with E-state index in [1.807, 2.05) is 31.2 Å². The highest BCUT2D eigenvalue weighted by atomic mass is 32.1. The molecule has 1 amide bonds. The molecule has 0 spiro atoms. The van der Waals surface area contributed by atoms with Crippen molar-refractivity contribution in [2.45, 2.75) is 19.4 Å². The molecule has 1 atom stereocenters. The van der Waals surface area contributed by atoms with E-state index in [9.17, 15) is 9.59 Å². The molecule has 0 aliphatic rings. The number of hydrogen-bond donors (Lipinski definition) is 0. The Morgan fingerprint density at radius 1 is 1.11 bits per heavy atom. The van der Waals surface area contributed by atoms with Gasteiger partial charge in [-0.1, -0.05) is 42.5 Å². The van der Waals surface area contributed by atoms with E-state index < -0.39 is 11.9 Å². The van der Waals surface area contributed by atoms with Gasteiger partial charge < -0.3 is 14.0 Å². The number of carbonyl (C=O) groups excluding carboxylic acids is 2. The van der Waals surface area contributed by atoms with Gasteiger partial charge in [0.05, 0.1) is 30.0 Å². The summed E-state index contributed by atoms with van der Waals surface area (Å²) in [5.74, 6) is -0.335. The number of thiazole rings is 1. The molecule has 2 aromatic carbocycles. The van der Waals surface area contributed by atoms with Crippen molar-refractivity contribution in [1.29, 1.82) is 0 Å². The minimum absolute atomic E-state index is 0.368. The number of methoxy groups -OCH3 is 2. The molecule has 0 radical (unpaired) electrons. The summed E-state index contributed by atoms with van der Waals surface area (Å²) in [5.41, 5.74) is 1.21. The van der Waals surface area contributed by atoms with Crippen LogP contribution in [-0.4, -0.2) is 30.7 Å². The van der Waals surface area contributed by atoms with E-state index in [0.29, 0.717) is 22.5 Å². The smallest absolute Gasteiger partial charge is 0.328 e. The van der Waals surface area contributed by atoms with Crippen LogP contribution in [0.1, 0.15) is 29.7 Å². The molecule has 0 saturated heterocycles. The second-order valence-electron chi connectivity index (χ2n) is 5.79. The SMILES string of the molecule is CCC(C(=O)OC)n1c(=NC(=O)c2ccccc2OC)sc2ccccc21. The van der Waals surface area contributed by atoms with Crippen LogP contribution in [0, 0.1) is 0 Å². The lowest BCUT2D eigenvalue weighted by molar-refractivity contribution is -0.144. The zero-order chi connectivity index (χ0) is 19.4. The number of hydrogen-bond acceptors (Lipinski definition) is 5. The van der Waals surface area contributed by atoms with Gasteiger partial charge in [0.25, 0.3) is 5.91 Å². The molecule has 0 aliphatic carbocycles. The fourth-order valence-electron chi connectivity index (χ4n) is 2.93. The summed E-state index contributed by atoms with van der Waals surface area (Å²) in [7, 11) is 2.87. The number of ether oxygens (including phenoxy) is 2. The predicted molar refractivity (Wildman–Crippen MR) is 104 cm³/mol. The van der Waals surface area contributed by atoms with Crippen LogP contribution >= 0.6 is 11.3 Å². The lowest BCUT2D eigenvalue weighted by atomic mass is 10.2. The molecule has 3 rings (SSSR count). The Morgan fingerprint density at radius 3 is 2.52 bits per heavy atom. The number of aromatic nitrogens is 1. The maximum atomic E-state index is 12.8. The summed E-state index contributed by atoms with van der Waals surface area (Å²) in [4.78, 5) is 29.9. The molecule has 0 N–H and O–H groups in total. The van der Waals surface area contributed by atoms with E-state index in [1.165, 1.54) is 25.6 Å². The van der Waals surface area contributed by atoms with Gasteiger partial charge in [0, 0.05) is 0 Å². The summed E-state index contributed by atoms with van der Waals surface area (Å²) in [5, 5.41) is 0. The van der Waals surface area contributed by atoms with Crippen LogP contribution in [0.4, 0.5) is 0 Å². The van der Waals surface area contributed by atoms with Crippen LogP contribution in [-0.2, 0) is 9.53 Å². The number of benzene rings is 2. The zero-order valence-electron chi connectivity index (χ0n) is 15.3. The average Bonchev–Trinajstić information content (AvgIpc) is 3.06. The van der Waals surface area contributed by atoms with Crippen molar-refractivity contribution in [1.82, 2.24) is 4.57 Å². The van der Waals surface area contributed by atoms with E-state index in [-0.39, 0.29) is 5.97 Å². The molecule has 7 heteroatoms. The molecule has 0 saturated carbocycles. The molecule has 27 heavy (non-hydrogen) atoms. The van der Waals surface area contributed by atoms with Gasteiger partial charge in [-0.2, -0.15) is 4.99 Å². The highest BCUT2D eigenvalue weighted by Crippen LogP contribution is 2.24. The highest BCUT2D eigenvalue weighted by molar-refractivity contribution is 7.16. The molecular formula is C20H20N2O4S. The molecule has 0 bridgehead atoms. The van der Waals surface area contributed by atoms with Crippen molar-refractivity contribution >= 4 is 33.4 Å². The fraction of sp³-hybridized carbons (Fsp3) is 0.250. The van der Waals surface area contributed by atoms with Gasteiger partial charge in [0.1, 0.15) is 11.8 Å². The first kappa shape index (κ1) is 18.8. The molecule has 0 aliphatic heterocycles. The summed E-state index contributed by atoms with van der Waals surface area (Å²) < 4.78 is 12.9. The topological polar surface area (TPSA) is 69.9 Å². The Morgan fingerprint density at radius 2 is 1.81 bits per heavy atom. The summed E-state index contributed by atoms with van der Waals surface area (Å²) in [6.07, 6.45) is 0.517. The van der Waals surface area contributed by atoms with Crippen LogP contribution in [0.15, 0.2) is 53.5 Å². The van der Waals surface area contributed by atoms with Crippen molar-refractivity contribution in [3.8, 4) is 5.75 Å². The lowest BCUT2D eigenvalue weighted by Gasteiger charge is -2.15. The second-order valence-corrected chi connectivity index (χ2v) is 6.80. The van der Waals surface area contributed by atoms with Crippen LogP contribution in [0.5, 0.6) is 5.75 Å². The Bertz CT molecular complexity index is 1050. The highest BCUT2D eigenvalue weighted by Gasteiger charge is 2.23. The summed E-state index contributed by atoms with van der Waals surface area (Å²) >= 11 is 1.36. The van der Waals surface area contributed by atoms with Crippen molar-refractivity contribution in [3.05, 3.63) is 58.9 Å². The van der Waals surface area contributed by atoms with Gasteiger partial charge in [-0.3, -0.25) is 4.79 Å². The summed E-state index contributed by atoms with van der Waals surface area (Å²) in [6.45, 7) is 1.90. The van der Waals surface area contributed by atoms with E-state index in [2.05, 4.69) is 4.99 Å². The molecule has 3 aromatic rings. The van der Waals surface area contributed by atoms with Crippen molar-refractivity contribution in [2.75, 3.05) is 14.2 Å². The minimum Gasteiger partial charge on any atom is -0.496 e. The third-order valence-electron chi connectivity index (χ3n) is 4.24. The first-order chi connectivity index (χ1) is 13.1. The Labute approximate surface area is 160 Å². The fourth-order valence-corrected chi connectivity index (χ4v) is 4.00. The number of amides is 1. The Kier molecular flexibility index (Phi) is 5.71. The molecular weight excluding hydrogens is 364 g/mol. The Balaban J connectivity index is 2.22. The Hall–Kier alpha value is -2.93. The van der Waals surface area contributed by atoms with Gasteiger partial charge in [-0.15, -0.1) is 0 Å². The minimum atomic E-state index is -0.560. The second kappa shape index (κ2) is 8.18. The van der Waals surface area contributed by atoms with Gasteiger partial charge >= 0.3 is 5.97 Å². The third kappa shape index (κ3) is 3.64. The maximum absolute atomic E-state index is 12.8. The third-order valence-corrected chi connectivity index (χ3v) is 5.27. The molecule has 1 unspecified atom stereocenters. The molecule has 140 valence electrons. The predicted octanol–water partition coefficient (Wildman–Crippen LogP) is 3.58. The monoisotopic (exact) mass is 384 g/mol. The zero-order valence-corrected chi connectivity index (χ0v) is 16.2. The standard InChI is InChI=1S/C20H20N2O4S/c1-4-14(19(24)26-3)22-15-10-6-8-12-17(15)27-20(22)21-18(23)13-9-5-7-11-16(13)25-2/h5-12,14H,4H2,1-3H3. The van der Waals surface area contributed by atoms with Crippen molar-refractivity contribution in [3.63, 3.8) is 0 Å². The van der Waals surface area contributed by atoms with Crippen LogP contribution in [0.3, 0.4) is 0 Å². The van der Waals surface area contributed by atoms with Crippen LogP contribution in [0.2, 0.25) is 0 Å². The van der Waals surface area contributed by atoms with Gasteiger partial charge in [-0.25, -0.2) is 4.79 Å². The molecule has 0 fully saturated rings. The average molecular weight is 384 g/mol. The van der Waals surface area contributed by atoms with Crippen molar-refractivity contribution < 1.29 is 19.1 Å². The summed E-state index contributed by atoms with van der Waals surface area (Å²) in [6, 6.07) is 14.0. The number of fused-ring (bicyclic) bond motifs is 1. The van der Waals surface area contributed by atoms with Crippen LogP contribution in [0.25, 0.3) is 10.2 Å². The van der Waals surface area contributed by atoms with Gasteiger partial charge in [0.15, 0.2) is 4.80 Å². The number of nitrogens with zero attached hydrogens (tertiary/aromatic N) is 2. The number of rotatable bonds is 5. The quantitative estimate of drug-likeness (QED) is 0.631. The van der Waals surface area contributed by atoms with Crippen LogP contribution < -0.4 is 9.54 Å². The van der Waals surface area contributed by atoms with E-state index >= 15 is 0 Å². The first-order valence-electron chi connectivity index (χ1n) is 8.50. The number of para-hydroxylation sites is 2. The number of carbonyl (C=O) groups is 2. The van der Waals surface area contributed by atoms with E-state index in [0.717, 1.165) is 10.2 Å². The molecule has 6 nitrogen and oxygen atoms in total. The normalized spacial score (nSPS) is 12.8. The largest absolute Gasteiger partial charge is 0.496 e. The van der Waals surface area contributed by atoms with Crippen molar-refractivity contribution in [2.24, 2.45) is 4.99 Å². The lowest BCUT2D eigenvalue weighted by Crippen LogP contribution is -2.28. The number of esters is 1. The molecule has 1 heterocycles. The van der Waals surface area contributed by atoms with E-state index in [1.54, 1.807) is 28.8 Å². The maximum Gasteiger partial charge on any atom is 0.328 e. The molecule has 1 aromatic heterocycles.